The Labute approximate surface area is 236 Å². The third kappa shape index (κ3) is 11.7. The molecule has 0 saturated carbocycles. The van der Waals surface area contributed by atoms with E-state index in [4.69, 9.17) is 5.73 Å². The number of rotatable bonds is 16. The van der Waals surface area contributed by atoms with Crippen molar-refractivity contribution in [3.8, 4) is 5.75 Å². The predicted molar refractivity (Wildman–Crippen MR) is 150 cm³/mol. The van der Waals surface area contributed by atoms with Crippen LogP contribution >= 0.6 is 11.8 Å². The Morgan fingerprint density at radius 2 is 1.43 bits per heavy atom. The molecule has 40 heavy (non-hydrogen) atoms. The fourth-order valence-electron chi connectivity index (χ4n) is 3.59. The summed E-state index contributed by atoms with van der Waals surface area (Å²) >= 11 is 1.45. The molecule has 0 aliphatic rings. The molecular formula is C27H35N5O7S. The van der Waals surface area contributed by atoms with Gasteiger partial charge >= 0.3 is 5.97 Å². The molecule has 0 spiro atoms. The van der Waals surface area contributed by atoms with Crippen molar-refractivity contribution in [1.82, 2.24) is 21.3 Å². The Balaban J connectivity index is 1.88. The van der Waals surface area contributed by atoms with E-state index >= 15 is 0 Å². The Morgan fingerprint density at radius 1 is 0.800 bits per heavy atom. The normalized spacial score (nSPS) is 12.8. The molecule has 0 saturated heterocycles. The monoisotopic (exact) mass is 573 g/mol. The van der Waals surface area contributed by atoms with Crippen LogP contribution in [0.5, 0.6) is 5.75 Å². The molecule has 0 aliphatic heterocycles. The van der Waals surface area contributed by atoms with E-state index in [1.807, 2.05) is 6.26 Å². The first-order valence-corrected chi connectivity index (χ1v) is 13.9. The molecule has 3 atom stereocenters. The van der Waals surface area contributed by atoms with Gasteiger partial charge in [0.05, 0.1) is 19.1 Å². The van der Waals surface area contributed by atoms with Crippen LogP contribution < -0.4 is 27.0 Å². The standard InChI is InChI=1S/C27H35N5O7S/c1-40-12-11-21(27(38)39)32-26(37)22(14-17-5-3-2-4-6-17)31-24(35)16-29-23(34)15-30-25(36)20(28)13-18-7-9-19(33)10-8-18/h2-10,20-22,33H,11-16,28H2,1H3,(H,29,34)(H,30,36)(H,31,35)(H,32,37)(H,38,39)/t20?,21?,22-/m0/s1. The van der Waals surface area contributed by atoms with Crippen LogP contribution in [0.4, 0.5) is 0 Å². The van der Waals surface area contributed by atoms with Crippen LogP contribution in [0, 0.1) is 0 Å². The number of carbonyl (C=O) groups excluding carboxylic acids is 4. The summed E-state index contributed by atoms with van der Waals surface area (Å²) in [5.41, 5.74) is 7.35. The number of carboxylic acid groups (broad SMARTS) is 1. The molecular weight excluding hydrogens is 538 g/mol. The van der Waals surface area contributed by atoms with E-state index in [2.05, 4.69) is 21.3 Å². The van der Waals surface area contributed by atoms with Gasteiger partial charge in [-0.2, -0.15) is 11.8 Å². The molecule has 2 aromatic rings. The van der Waals surface area contributed by atoms with E-state index in [1.54, 1.807) is 42.5 Å². The zero-order valence-electron chi connectivity index (χ0n) is 22.1. The molecule has 2 rings (SSSR count). The summed E-state index contributed by atoms with van der Waals surface area (Å²) in [5, 5.41) is 28.6. The van der Waals surface area contributed by atoms with E-state index in [-0.39, 0.29) is 25.0 Å². The second-order valence-electron chi connectivity index (χ2n) is 8.96. The summed E-state index contributed by atoms with van der Waals surface area (Å²) in [6.07, 6.45) is 2.34. The molecule has 0 radical (unpaired) electrons. The van der Waals surface area contributed by atoms with Gasteiger partial charge in [-0.25, -0.2) is 4.79 Å². The number of nitrogens with one attached hydrogen (secondary N) is 4. The molecule has 13 heteroatoms. The van der Waals surface area contributed by atoms with Crippen LogP contribution in [0.2, 0.25) is 0 Å². The molecule has 0 heterocycles. The number of hydrogen-bond acceptors (Lipinski definition) is 8. The number of hydrogen-bond donors (Lipinski definition) is 7. The molecule has 0 bridgehead atoms. The van der Waals surface area contributed by atoms with E-state index in [0.29, 0.717) is 5.75 Å². The second-order valence-corrected chi connectivity index (χ2v) is 9.95. The van der Waals surface area contributed by atoms with Gasteiger partial charge in [0.2, 0.25) is 23.6 Å². The number of nitrogens with two attached hydrogens (primary N) is 1. The van der Waals surface area contributed by atoms with Crippen molar-refractivity contribution in [2.24, 2.45) is 5.73 Å². The molecule has 2 aromatic carbocycles. The number of aliphatic carboxylic acids is 1. The van der Waals surface area contributed by atoms with Crippen molar-refractivity contribution in [2.45, 2.75) is 37.4 Å². The Bertz CT molecular complexity index is 1150. The van der Waals surface area contributed by atoms with Crippen molar-refractivity contribution < 1.29 is 34.2 Å². The summed E-state index contributed by atoms with van der Waals surface area (Å²) in [7, 11) is 0. The van der Waals surface area contributed by atoms with Crippen molar-refractivity contribution in [3.05, 3.63) is 65.7 Å². The molecule has 0 aliphatic carbocycles. The van der Waals surface area contributed by atoms with Gasteiger partial charge in [-0.15, -0.1) is 0 Å². The van der Waals surface area contributed by atoms with Gasteiger partial charge in [-0.1, -0.05) is 42.5 Å². The summed E-state index contributed by atoms with van der Waals surface area (Å²) < 4.78 is 0. The van der Waals surface area contributed by atoms with Gasteiger partial charge in [-0.05, 0) is 48.1 Å². The van der Waals surface area contributed by atoms with Crippen LogP contribution in [0.1, 0.15) is 17.5 Å². The minimum atomic E-state index is -1.18. The number of thioether (sulfide) groups is 1. The van der Waals surface area contributed by atoms with Gasteiger partial charge in [0.15, 0.2) is 0 Å². The zero-order chi connectivity index (χ0) is 29.5. The maximum Gasteiger partial charge on any atom is 0.326 e. The highest BCUT2D eigenvalue weighted by atomic mass is 32.2. The van der Waals surface area contributed by atoms with Crippen LogP contribution in [0.3, 0.4) is 0 Å². The third-order valence-electron chi connectivity index (χ3n) is 5.76. The molecule has 12 nitrogen and oxygen atoms in total. The number of carboxylic acids is 1. The topological polar surface area (TPSA) is 200 Å². The summed E-state index contributed by atoms with van der Waals surface area (Å²) in [4.78, 5) is 61.5. The lowest BCUT2D eigenvalue weighted by Crippen LogP contribution is -2.54. The number of phenolic OH excluding ortho intramolecular Hbond substituents is 1. The Kier molecular flexibility index (Phi) is 13.5. The second kappa shape index (κ2) is 16.8. The quantitative estimate of drug-likeness (QED) is 0.139. The Hall–Kier alpha value is -4.10. The van der Waals surface area contributed by atoms with Crippen molar-refractivity contribution in [2.75, 3.05) is 25.1 Å². The molecule has 8 N–H and O–H groups in total. The highest BCUT2D eigenvalue weighted by molar-refractivity contribution is 7.98. The molecule has 4 amide bonds. The Morgan fingerprint density at radius 3 is 2.05 bits per heavy atom. The number of carbonyl (C=O) groups is 5. The van der Waals surface area contributed by atoms with Crippen LogP contribution in [-0.2, 0) is 36.8 Å². The lowest BCUT2D eigenvalue weighted by molar-refractivity contribution is -0.142. The average Bonchev–Trinajstić information content (AvgIpc) is 2.93. The lowest BCUT2D eigenvalue weighted by Gasteiger charge is -2.22. The lowest BCUT2D eigenvalue weighted by atomic mass is 10.0. The highest BCUT2D eigenvalue weighted by Crippen LogP contribution is 2.11. The highest BCUT2D eigenvalue weighted by Gasteiger charge is 2.27. The van der Waals surface area contributed by atoms with Gasteiger partial charge in [0, 0.05) is 6.42 Å². The fourth-order valence-corrected chi connectivity index (χ4v) is 4.06. The van der Waals surface area contributed by atoms with E-state index in [1.165, 1.54) is 23.9 Å². The first kappa shape index (κ1) is 32.1. The zero-order valence-corrected chi connectivity index (χ0v) is 22.9. The van der Waals surface area contributed by atoms with Crippen molar-refractivity contribution in [3.63, 3.8) is 0 Å². The van der Waals surface area contributed by atoms with Crippen LogP contribution in [0.15, 0.2) is 54.6 Å². The van der Waals surface area contributed by atoms with Crippen LogP contribution in [-0.4, -0.2) is 83.0 Å². The first-order valence-electron chi connectivity index (χ1n) is 12.5. The summed E-state index contributed by atoms with van der Waals surface area (Å²) in [6, 6.07) is 12.0. The summed E-state index contributed by atoms with van der Waals surface area (Å²) in [6.45, 7) is -0.888. The number of benzene rings is 2. The average molecular weight is 574 g/mol. The molecule has 216 valence electrons. The maximum absolute atomic E-state index is 12.9. The number of aromatic hydroxyl groups is 1. The van der Waals surface area contributed by atoms with Crippen LogP contribution in [0.25, 0.3) is 0 Å². The number of phenols is 1. The van der Waals surface area contributed by atoms with Gasteiger partial charge in [-0.3, -0.25) is 19.2 Å². The van der Waals surface area contributed by atoms with Crippen molar-refractivity contribution in [1.29, 1.82) is 0 Å². The third-order valence-corrected chi connectivity index (χ3v) is 6.40. The fraction of sp³-hybridized carbons (Fsp3) is 0.370. The molecule has 0 fully saturated rings. The maximum atomic E-state index is 12.9. The van der Waals surface area contributed by atoms with Gasteiger partial charge in [0.1, 0.15) is 17.8 Å². The first-order chi connectivity index (χ1) is 19.1. The minimum Gasteiger partial charge on any atom is -0.508 e. The smallest absolute Gasteiger partial charge is 0.326 e. The molecule has 2 unspecified atom stereocenters. The number of amides is 4. The largest absolute Gasteiger partial charge is 0.508 e. The molecule has 0 aromatic heterocycles. The SMILES string of the molecule is CSCCC(NC(=O)[C@H](Cc1ccccc1)NC(=O)CNC(=O)CNC(=O)C(N)Cc1ccc(O)cc1)C(=O)O. The van der Waals surface area contributed by atoms with Crippen molar-refractivity contribution >= 4 is 41.4 Å². The van der Waals surface area contributed by atoms with Gasteiger partial charge < -0.3 is 37.2 Å². The van der Waals surface area contributed by atoms with E-state index < -0.39 is 60.8 Å². The van der Waals surface area contributed by atoms with E-state index in [9.17, 15) is 34.2 Å². The minimum absolute atomic E-state index is 0.0881. The van der Waals surface area contributed by atoms with Gasteiger partial charge in [0.25, 0.3) is 0 Å². The summed E-state index contributed by atoms with van der Waals surface area (Å²) in [5.74, 6) is -3.11. The van der Waals surface area contributed by atoms with E-state index in [0.717, 1.165) is 11.1 Å². The predicted octanol–water partition coefficient (Wildman–Crippen LogP) is -0.456.